The zero-order chi connectivity index (χ0) is 25.9. The summed E-state index contributed by atoms with van der Waals surface area (Å²) in [5, 5.41) is 14.8. The molecule has 4 fully saturated rings. The first-order valence-corrected chi connectivity index (χ1v) is 16.3. The van der Waals surface area contributed by atoms with Gasteiger partial charge in [0.1, 0.15) is 0 Å². The van der Waals surface area contributed by atoms with E-state index < -0.39 is 0 Å². The van der Waals surface area contributed by atoms with E-state index in [0.717, 1.165) is 67.9 Å². The van der Waals surface area contributed by atoms with E-state index in [-0.39, 0.29) is 6.10 Å². The monoisotopic (exact) mass is 502 g/mol. The van der Waals surface area contributed by atoms with Gasteiger partial charge in [-0.1, -0.05) is 66.7 Å². The number of hydrogen-bond acceptors (Lipinski definition) is 3. The highest BCUT2D eigenvalue weighted by Gasteiger charge is 2.62. The highest BCUT2D eigenvalue weighted by Crippen LogP contribution is 2.68. The lowest BCUT2D eigenvalue weighted by Crippen LogP contribution is -2.61. The van der Waals surface area contributed by atoms with Crippen molar-refractivity contribution in [3.05, 3.63) is 0 Å². The second kappa shape index (κ2) is 12.4. The SMILES string of the molecule is CC(C)CCC[C@@H](C)[C@H]1CCC2C3C[C@@H](NCCCCCCN)C4C[C@@H](O)CC[C@]4(C)C3CC[C@@]21C. The van der Waals surface area contributed by atoms with Gasteiger partial charge in [-0.2, -0.15) is 0 Å². The molecule has 36 heavy (non-hydrogen) atoms. The molecule has 4 saturated carbocycles. The maximum Gasteiger partial charge on any atom is 0.0543 e. The maximum atomic E-state index is 10.7. The molecule has 210 valence electrons. The van der Waals surface area contributed by atoms with Crippen molar-refractivity contribution in [2.75, 3.05) is 13.1 Å². The summed E-state index contributed by atoms with van der Waals surface area (Å²) in [7, 11) is 0. The van der Waals surface area contributed by atoms with Crippen LogP contribution in [0.2, 0.25) is 0 Å². The third kappa shape index (κ3) is 5.89. The molecule has 4 N–H and O–H groups in total. The minimum atomic E-state index is -0.0788. The van der Waals surface area contributed by atoms with E-state index in [1.807, 2.05) is 0 Å². The Hall–Kier alpha value is -0.120. The summed E-state index contributed by atoms with van der Waals surface area (Å²) >= 11 is 0. The molecule has 0 heterocycles. The predicted molar refractivity (Wildman–Crippen MR) is 154 cm³/mol. The summed E-state index contributed by atoms with van der Waals surface area (Å²) in [6, 6.07) is 0.602. The van der Waals surface area contributed by atoms with E-state index in [1.165, 1.54) is 77.0 Å². The summed E-state index contributed by atoms with van der Waals surface area (Å²) in [5.41, 5.74) is 6.68. The summed E-state index contributed by atoms with van der Waals surface area (Å²) in [6.07, 6.45) is 19.7. The molecule has 3 nitrogen and oxygen atoms in total. The third-order valence-electron chi connectivity index (χ3n) is 12.4. The summed E-state index contributed by atoms with van der Waals surface area (Å²) < 4.78 is 0. The van der Waals surface area contributed by atoms with E-state index in [9.17, 15) is 5.11 Å². The molecule has 4 aliphatic rings. The van der Waals surface area contributed by atoms with Crippen molar-refractivity contribution in [1.29, 1.82) is 0 Å². The molecule has 0 aromatic carbocycles. The minimum Gasteiger partial charge on any atom is -0.393 e. The number of aliphatic hydroxyl groups is 1. The average molecular weight is 503 g/mol. The van der Waals surface area contributed by atoms with Crippen LogP contribution in [-0.4, -0.2) is 30.3 Å². The van der Waals surface area contributed by atoms with Crippen LogP contribution in [0.3, 0.4) is 0 Å². The van der Waals surface area contributed by atoms with E-state index in [2.05, 4.69) is 39.9 Å². The van der Waals surface area contributed by atoms with Crippen molar-refractivity contribution < 1.29 is 5.11 Å². The smallest absolute Gasteiger partial charge is 0.0543 e. The quantitative estimate of drug-likeness (QED) is 0.241. The fourth-order valence-corrected chi connectivity index (χ4v) is 10.5. The molecular weight excluding hydrogens is 440 g/mol. The minimum absolute atomic E-state index is 0.0788. The molecule has 0 radical (unpaired) electrons. The Morgan fingerprint density at radius 2 is 1.53 bits per heavy atom. The average Bonchev–Trinajstić information content (AvgIpc) is 3.19. The van der Waals surface area contributed by atoms with E-state index in [0.29, 0.717) is 22.8 Å². The number of rotatable bonds is 12. The fraction of sp³-hybridized carbons (Fsp3) is 1.00. The van der Waals surface area contributed by atoms with Crippen molar-refractivity contribution >= 4 is 0 Å². The van der Waals surface area contributed by atoms with Gasteiger partial charge >= 0.3 is 0 Å². The van der Waals surface area contributed by atoms with Gasteiger partial charge < -0.3 is 16.2 Å². The van der Waals surface area contributed by atoms with Crippen LogP contribution in [0.15, 0.2) is 0 Å². The fourth-order valence-electron chi connectivity index (χ4n) is 10.5. The van der Waals surface area contributed by atoms with Crippen molar-refractivity contribution in [3.8, 4) is 0 Å². The van der Waals surface area contributed by atoms with Crippen LogP contribution in [0.5, 0.6) is 0 Å². The number of unbranched alkanes of at least 4 members (excludes halogenated alkanes) is 3. The molecule has 0 aromatic heterocycles. The lowest BCUT2D eigenvalue weighted by Gasteiger charge is -2.63. The predicted octanol–water partition coefficient (Wildman–Crippen LogP) is 7.56. The number of fused-ring (bicyclic) bond motifs is 5. The van der Waals surface area contributed by atoms with Crippen molar-refractivity contribution in [1.82, 2.24) is 5.32 Å². The van der Waals surface area contributed by atoms with Crippen molar-refractivity contribution in [2.24, 2.45) is 58.0 Å². The zero-order valence-corrected chi connectivity index (χ0v) is 24.7. The second-order valence-electron chi connectivity index (χ2n) is 14.9. The lowest BCUT2D eigenvalue weighted by atomic mass is 9.43. The number of hydrogen-bond donors (Lipinski definition) is 3. The number of nitrogens with one attached hydrogen (secondary N) is 1. The number of aliphatic hydroxyl groups excluding tert-OH is 1. The molecule has 10 atom stereocenters. The zero-order valence-electron chi connectivity index (χ0n) is 24.7. The van der Waals surface area contributed by atoms with Crippen LogP contribution < -0.4 is 11.1 Å². The molecule has 4 aliphatic carbocycles. The first kappa shape index (κ1) is 28.9. The van der Waals surface area contributed by atoms with Gasteiger partial charge in [-0.05, 0) is 130 Å². The van der Waals surface area contributed by atoms with Gasteiger partial charge in [0.2, 0.25) is 0 Å². The third-order valence-corrected chi connectivity index (χ3v) is 12.4. The Kier molecular flexibility index (Phi) is 9.93. The Morgan fingerprint density at radius 1 is 0.806 bits per heavy atom. The second-order valence-corrected chi connectivity index (χ2v) is 14.9. The first-order chi connectivity index (χ1) is 17.2. The van der Waals surface area contributed by atoms with E-state index in [4.69, 9.17) is 5.73 Å². The van der Waals surface area contributed by atoms with Gasteiger partial charge in [-0.25, -0.2) is 0 Å². The summed E-state index contributed by atoms with van der Waals surface area (Å²) in [4.78, 5) is 0. The van der Waals surface area contributed by atoms with E-state index in [1.54, 1.807) is 0 Å². The van der Waals surface area contributed by atoms with Crippen LogP contribution >= 0.6 is 0 Å². The summed E-state index contributed by atoms with van der Waals surface area (Å²) in [6.45, 7) is 14.7. The van der Waals surface area contributed by atoms with Crippen LogP contribution in [0, 0.1) is 52.3 Å². The Morgan fingerprint density at radius 3 is 2.28 bits per heavy atom. The molecule has 0 bridgehead atoms. The maximum absolute atomic E-state index is 10.7. The highest BCUT2D eigenvalue weighted by molar-refractivity contribution is 5.12. The van der Waals surface area contributed by atoms with Gasteiger partial charge in [-0.15, -0.1) is 0 Å². The molecule has 0 spiro atoms. The highest BCUT2D eigenvalue weighted by atomic mass is 16.3. The molecular formula is C33H62N2O. The molecule has 0 aromatic rings. The van der Waals surface area contributed by atoms with Crippen LogP contribution in [0.25, 0.3) is 0 Å². The van der Waals surface area contributed by atoms with Crippen LogP contribution in [0.4, 0.5) is 0 Å². The van der Waals surface area contributed by atoms with Gasteiger partial charge in [0.25, 0.3) is 0 Å². The van der Waals surface area contributed by atoms with Crippen LogP contribution in [0.1, 0.15) is 131 Å². The van der Waals surface area contributed by atoms with Crippen LogP contribution in [-0.2, 0) is 0 Å². The van der Waals surface area contributed by atoms with Gasteiger partial charge in [0, 0.05) is 6.04 Å². The van der Waals surface area contributed by atoms with E-state index >= 15 is 0 Å². The molecule has 0 aliphatic heterocycles. The van der Waals surface area contributed by atoms with Gasteiger partial charge in [0.15, 0.2) is 0 Å². The molecule has 3 heteroatoms. The van der Waals surface area contributed by atoms with Crippen molar-refractivity contribution in [3.63, 3.8) is 0 Å². The van der Waals surface area contributed by atoms with Gasteiger partial charge in [0.05, 0.1) is 6.10 Å². The molecule has 4 unspecified atom stereocenters. The Balaban J connectivity index is 1.46. The topological polar surface area (TPSA) is 58.3 Å². The largest absolute Gasteiger partial charge is 0.393 e. The first-order valence-electron chi connectivity index (χ1n) is 16.3. The Labute approximate surface area is 224 Å². The van der Waals surface area contributed by atoms with Gasteiger partial charge in [-0.3, -0.25) is 0 Å². The molecule has 0 saturated heterocycles. The summed E-state index contributed by atoms with van der Waals surface area (Å²) in [5.74, 6) is 6.01. The Bertz CT molecular complexity index is 681. The number of nitrogens with two attached hydrogens (primary N) is 1. The standard InChI is InChI=1S/C33H62N2O/c1-23(2)11-10-12-24(3)27-13-14-28-26-22-31(35-20-9-7-6-8-19-34)30-21-25(36)15-17-33(30,5)29(26)16-18-32(27,28)4/h23-31,35-36H,6-22,34H2,1-5H3/t24-,25+,26?,27-,28?,29?,30?,31-,32-,33-/m1/s1. The molecule has 4 rings (SSSR count). The molecule has 0 amide bonds. The lowest BCUT2D eigenvalue weighted by molar-refractivity contribution is -0.141. The van der Waals surface area contributed by atoms with Crippen molar-refractivity contribution in [2.45, 2.75) is 143 Å². The normalized spacial score (nSPS) is 43.2.